The molecule has 1 aromatic heterocycles. The molecule has 2 aromatic carbocycles. The summed E-state index contributed by atoms with van der Waals surface area (Å²) in [5, 5.41) is 46.9. The Bertz CT molecular complexity index is 1050. The number of amides is 1. The number of rotatable bonds is 8. The normalized spacial score (nSPS) is 10.5. The Morgan fingerprint density at radius 1 is 1.21 bits per heavy atom. The van der Waals surface area contributed by atoms with Crippen molar-refractivity contribution in [2.75, 3.05) is 11.9 Å². The average Bonchev–Trinajstić information content (AvgIpc) is 3.04. The van der Waals surface area contributed by atoms with E-state index in [1.807, 2.05) is 0 Å². The van der Waals surface area contributed by atoms with Crippen molar-refractivity contribution in [3.8, 4) is 34.3 Å². The molecule has 0 radical (unpaired) electrons. The number of aliphatic hydroxyl groups excluding tert-OH is 1. The lowest BCUT2D eigenvalue weighted by molar-refractivity contribution is -0.384. The number of carbonyl (C=O) groups excluding carboxylic acids is 1. The maximum Gasteiger partial charge on any atom is 0.269 e. The van der Waals surface area contributed by atoms with Crippen molar-refractivity contribution >= 4 is 17.9 Å². The maximum absolute atomic E-state index is 10.8. The fraction of sp³-hybridized carbons (Fsp3) is 0.111. The smallest absolute Gasteiger partial charge is 0.269 e. The molecule has 11 nitrogen and oxygen atoms in total. The van der Waals surface area contributed by atoms with Crippen molar-refractivity contribution in [1.82, 2.24) is 9.78 Å². The Hall–Kier alpha value is -4.12. The number of benzene rings is 2. The molecule has 0 saturated heterocycles. The summed E-state index contributed by atoms with van der Waals surface area (Å²) in [5.41, 5.74) is 0.320. The zero-order valence-electron chi connectivity index (χ0n) is 14.8. The lowest BCUT2D eigenvalue weighted by atomic mass is 10.1. The van der Waals surface area contributed by atoms with E-state index >= 15 is 0 Å². The number of carbonyl (C=O) groups is 1. The number of nitro groups is 1. The summed E-state index contributed by atoms with van der Waals surface area (Å²) >= 11 is 0. The largest absolute Gasteiger partial charge is 0.508 e. The molecule has 29 heavy (non-hydrogen) atoms. The molecule has 0 atom stereocenters. The molecule has 11 heteroatoms. The second kappa shape index (κ2) is 8.27. The van der Waals surface area contributed by atoms with Crippen LogP contribution in [0.2, 0.25) is 0 Å². The van der Waals surface area contributed by atoms with Crippen LogP contribution in [-0.2, 0) is 11.3 Å². The molecule has 4 N–H and O–H groups in total. The van der Waals surface area contributed by atoms with Crippen LogP contribution in [0.1, 0.15) is 0 Å². The number of non-ortho nitro benzene ring substituents is 1. The van der Waals surface area contributed by atoms with Crippen LogP contribution >= 0.6 is 0 Å². The molecule has 1 amide bonds. The molecule has 0 unspecified atom stereocenters. The molecule has 0 aliphatic carbocycles. The summed E-state index contributed by atoms with van der Waals surface area (Å²) in [6.45, 7) is -0.195. The number of nitrogens with zero attached hydrogens (tertiary/aromatic N) is 3. The molecular weight excluding hydrogens is 384 g/mol. The van der Waals surface area contributed by atoms with E-state index in [0.717, 1.165) is 6.07 Å². The number of phenols is 2. The summed E-state index contributed by atoms with van der Waals surface area (Å²) < 4.78 is 7.07. The number of aromatic nitrogens is 2. The van der Waals surface area contributed by atoms with Crippen LogP contribution in [0.25, 0.3) is 11.3 Å². The van der Waals surface area contributed by atoms with Crippen molar-refractivity contribution in [2.45, 2.75) is 6.54 Å². The highest BCUT2D eigenvalue weighted by atomic mass is 16.6. The van der Waals surface area contributed by atoms with Crippen molar-refractivity contribution in [2.24, 2.45) is 0 Å². The first-order valence-electron chi connectivity index (χ1n) is 8.30. The zero-order valence-corrected chi connectivity index (χ0v) is 14.8. The molecule has 0 aliphatic rings. The summed E-state index contributed by atoms with van der Waals surface area (Å²) in [7, 11) is 0. The Morgan fingerprint density at radius 3 is 2.55 bits per heavy atom. The van der Waals surface area contributed by atoms with Gasteiger partial charge in [0.1, 0.15) is 23.0 Å². The minimum absolute atomic E-state index is 0.0353. The van der Waals surface area contributed by atoms with E-state index in [9.17, 15) is 30.2 Å². The maximum atomic E-state index is 10.8. The fourth-order valence-electron chi connectivity index (χ4n) is 2.70. The monoisotopic (exact) mass is 400 g/mol. The van der Waals surface area contributed by atoms with Gasteiger partial charge in [0, 0.05) is 30.3 Å². The van der Waals surface area contributed by atoms with E-state index in [0.29, 0.717) is 12.1 Å². The van der Waals surface area contributed by atoms with E-state index in [2.05, 4.69) is 10.4 Å². The predicted octanol–water partition coefficient (Wildman–Crippen LogP) is 2.22. The van der Waals surface area contributed by atoms with Crippen LogP contribution in [0.15, 0.2) is 42.5 Å². The van der Waals surface area contributed by atoms with Crippen LogP contribution in [0.4, 0.5) is 11.5 Å². The minimum Gasteiger partial charge on any atom is -0.508 e. The minimum atomic E-state index is -0.551. The summed E-state index contributed by atoms with van der Waals surface area (Å²) in [6, 6.07) is 9.04. The highest BCUT2D eigenvalue weighted by Gasteiger charge is 2.20. The highest BCUT2D eigenvalue weighted by molar-refractivity contribution is 5.79. The third kappa shape index (κ3) is 4.25. The first-order valence-corrected chi connectivity index (χ1v) is 8.30. The number of aliphatic hydroxyl groups is 1. The quantitative estimate of drug-likeness (QED) is 0.254. The lowest BCUT2D eigenvalue weighted by Gasteiger charge is -2.14. The molecule has 0 aliphatic heterocycles. The van der Waals surface area contributed by atoms with Gasteiger partial charge in [-0.1, -0.05) is 0 Å². The number of phenolic OH excluding ortho intramolecular Hbond substituents is 2. The molecule has 1 heterocycles. The van der Waals surface area contributed by atoms with Gasteiger partial charge in [-0.05, 0) is 12.1 Å². The lowest BCUT2D eigenvalue weighted by Crippen LogP contribution is -2.07. The highest BCUT2D eigenvalue weighted by Crippen LogP contribution is 2.43. The molecule has 0 saturated carbocycles. The van der Waals surface area contributed by atoms with Crippen molar-refractivity contribution in [1.29, 1.82) is 0 Å². The zero-order chi connectivity index (χ0) is 21.0. The number of ether oxygens (including phenoxy) is 1. The van der Waals surface area contributed by atoms with Gasteiger partial charge in [0.2, 0.25) is 6.41 Å². The number of nitro benzene ring substituents is 1. The average molecular weight is 400 g/mol. The van der Waals surface area contributed by atoms with Crippen LogP contribution in [-0.4, -0.2) is 43.0 Å². The van der Waals surface area contributed by atoms with Crippen LogP contribution in [0, 0.1) is 10.1 Å². The van der Waals surface area contributed by atoms with Gasteiger partial charge in [-0.3, -0.25) is 19.6 Å². The topological polar surface area (TPSA) is 160 Å². The predicted molar refractivity (Wildman–Crippen MR) is 101 cm³/mol. The van der Waals surface area contributed by atoms with Crippen molar-refractivity contribution < 1.29 is 29.8 Å². The Morgan fingerprint density at radius 2 is 1.93 bits per heavy atom. The summed E-state index contributed by atoms with van der Waals surface area (Å²) in [4.78, 5) is 21.0. The molecular formula is C18H16N4O7. The molecule has 3 rings (SSSR count). The van der Waals surface area contributed by atoms with Crippen molar-refractivity contribution in [3.63, 3.8) is 0 Å². The van der Waals surface area contributed by atoms with Gasteiger partial charge in [0.15, 0.2) is 5.82 Å². The first kappa shape index (κ1) is 19.6. The third-order valence-electron chi connectivity index (χ3n) is 3.90. The number of hydrogen-bond donors (Lipinski definition) is 4. The van der Waals surface area contributed by atoms with Gasteiger partial charge in [-0.2, -0.15) is 5.10 Å². The van der Waals surface area contributed by atoms with Gasteiger partial charge in [-0.25, -0.2) is 0 Å². The Labute approximate surface area is 163 Å². The second-order valence-corrected chi connectivity index (χ2v) is 5.81. The molecule has 150 valence electrons. The second-order valence-electron chi connectivity index (χ2n) is 5.81. The van der Waals surface area contributed by atoms with Crippen LogP contribution in [0.3, 0.4) is 0 Å². The molecule has 0 bridgehead atoms. The Kier molecular flexibility index (Phi) is 5.60. The molecule has 0 fully saturated rings. The van der Waals surface area contributed by atoms with Gasteiger partial charge in [-0.15, -0.1) is 0 Å². The van der Waals surface area contributed by atoms with Crippen LogP contribution in [0.5, 0.6) is 23.0 Å². The van der Waals surface area contributed by atoms with Gasteiger partial charge in [0.05, 0.1) is 29.3 Å². The van der Waals surface area contributed by atoms with Gasteiger partial charge >= 0.3 is 0 Å². The molecule has 0 spiro atoms. The SMILES string of the molecule is O=CNc1cc(-c2c(O)cc(O)cc2Oc2ccc([N+](=O)[O-])cc2)n(CCO)n1. The fourth-order valence-corrected chi connectivity index (χ4v) is 2.70. The molecule has 3 aromatic rings. The summed E-state index contributed by atoms with van der Waals surface area (Å²) in [5.74, 6) is -0.173. The number of hydrogen-bond acceptors (Lipinski definition) is 8. The first-order chi connectivity index (χ1) is 13.9. The van der Waals surface area contributed by atoms with Gasteiger partial charge in [0.25, 0.3) is 5.69 Å². The van der Waals surface area contributed by atoms with E-state index in [1.165, 1.54) is 41.1 Å². The van der Waals surface area contributed by atoms with E-state index in [-0.39, 0.29) is 53.2 Å². The standard InChI is InChI=1S/C18H16N4O7/c23-6-5-21-14(9-17(20-21)19-10-24)18-15(26)7-12(25)8-16(18)29-13-3-1-11(2-4-13)22(27)28/h1-4,7-10,23,25-26H,5-6H2,(H,19,20,24). The van der Waals surface area contributed by atoms with E-state index < -0.39 is 4.92 Å². The number of aromatic hydroxyl groups is 2. The van der Waals surface area contributed by atoms with E-state index in [4.69, 9.17) is 4.74 Å². The number of anilines is 1. The van der Waals surface area contributed by atoms with Crippen molar-refractivity contribution in [3.05, 3.63) is 52.6 Å². The summed E-state index contributed by atoms with van der Waals surface area (Å²) in [6.07, 6.45) is 0.431. The third-order valence-corrected chi connectivity index (χ3v) is 3.90. The number of nitrogens with one attached hydrogen (secondary N) is 1. The Balaban J connectivity index is 2.08. The van der Waals surface area contributed by atoms with Gasteiger partial charge < -0.3 is 25.4 Å². The van der Waals surface area contributed by atoms with Crippen LogP contribution < -0.4 is 10.1 Å². The van der Waals surface area contributed by atoms with E-state index in [1.54, 1.807) is 0 Å².